The van der Waals surface area contributed by atoms with Crippen LogP contribution in [0.3, 0.4) is 0 Å². The van der Waals surface area contributed by atoms with Crippen LogP contribution in [-0.4, -0.2) is 10.9 Å². The molecule has 1 aromatic carbocycles. The Kier molecular flexibility index (Phi) is 6.19. The van der Waals surface area contributed by atoms with Crippen molar-refractivity contribution in [3.8, 4) is 0 Å². The van der Waals surface area contributed by atoms with Crippen LogP contribution in [-0.2, 0) is 0 Å². The average Bonchev–Trinajstić information content (AvgIpc) is 2.45. The summed E-state index contributed by atoms with van der Waals surface area (Å²) >= 11 is 5.75. The predicted molar refractivity (Wildman–Crippen MR) is 84.5 cm³/mol. The Morgan fingerprint density at radius 1 is 1.10 bits per heavy atom. The number of pyridine rings is 1. The van der Waals surface area contributed by atoms with Gasteiger partial charge in [0.1, 0.15) is 5.15 Å². The van der Waals surface area contributed by atoms with Gasteiger partial charge in [-0.2, -0.15) is 0 Å². The summed E-state index contributed by atoms with van der Waals surface area (Å²) in [5, 5.41) is 3.14. The molecule has 0 aliphatic carbocycles. The van der Waals surface area contributed by atoms with Gasteiger partial charge in [0, 0.05) is 17.4 Å². The molecule has 0 aliphatic heterocycles. The highest BCUT2D eigenvalue weighted by atomic mass is 35.5. The lowest BCUT2D eigenvalue weighted by Gasteiger charge is -2.07. The zero-order valence-electron chi connectivity index (χ0n) is 12.2. The fourth-order valence-electron chi connectivity index (χ4n) is 1.57. The molecule has 0 bridgehead atoms. The van der Waals surface area contributed by atoms with E-state index in [9.17, 15) is 4.79 Å². The molecule has 1 heterocycles. The smallest absolute Gasteiger partial charge is 0.255 e. The number of carbonyl (C=O) groups excluding carboxylic acids is 1. The molecule has 4 heteroatoms. The van der Waals surface area contributed by atoms with Crippen LogP contribution in [0.4, 0.5) is 5.69 Å². The van der Waals surface area contributed by atoms with Gasteiger partial charge in [-0.1, -0.05) is 31.5 Å². The summed E-state index contributed by atoms with van der Waals surface area (Å²) in [4.78, 5) is 15.8. The molecule has 1 amide bonds. The van der Waals surface area contributed by atoms with Crippen LogP contribution in [0.15, 0.2) is 36.5 Å². The minimum atomic E-state index is -0.192. The fourth-order valence-corrected chi connectivity index (χ4v) is 1.74. The lowest BCUT2D eigenvalue weighted by atomic mass is 10.1. The number of carbonyl (C=O) groups is 1. The Balaban J connectivity index is 0.000000956. The first-order valence-corrected chi connectivity index (χ1v) is 6.94. The van der Waals surface area contributed by atoms with Crippen LogP contribution in [0.2, 0.25) is 5.15 Å². The van der Waals surface area contributed by atoms with E-state index in [0.29, 0.717) is 10.7 Å². The molecular weight excluding hydrogens is 272 g/mol. The quantitative estimate of drug-likeness (QED) is 0.819. The summed E-state index contributed by atoms with van der Waals surface area (Å²) in [5.41, 5.74) is 3.60. The molecule has 0 atom stereocenters. The van der Waals surface area contributed by atoms with Crippen molar-refractivity contribution in [3.05, 3.63) is 58.4 Å². The Morgan fingerprint density at radius 2 is 1.80 bits per heavy atom. The van der Waals surface area contributed by atoms with E-state index in [0.717, 1.165) is 11.3 Å². The van der Waals surface area contributed by atoms with Gasteiger partial charge in [0.25, 0.3) is 5.91 Å². The average molecular weight is 291 g/mol. The van der Waals surface area contributed by atoms with E-state index in [1.165, 1.54) is 17.8 Å². The van der Waals surface area contributed by atoms with E-state index in [2.05, 4.69) is 10.3 Å². The molecule has 0 radical (unpaired) electrons. The Bertz CT molecular complexity index is 597. The van der Waals surface area contributed by atoms with E-state index >= 15 is 0 Å². The number of hydrogen-bond acceptors (Lipinski definition) is 2. The second kappa shape index (κ2) is 7.65. The maximum Gasteiger partial charge on any atom is 0.255 e. The molecular formula is C16H19ClN2O. The van der Waals surface area contributed by atoms with Crippen molar-refractivity contribution in [3.63, 3.8) is 0 Å². The first-order chi connectivity index (χ1) is 9.56. The first-order valence-electron chi connectivity index (χ1n) is 6.56. The molecule has 0 aliphatic rings. The molecule has 106 valence electrons. The maximum absolute atomic E-state index is 12.0. The molecule has 2 aromatic rings. The largest absolute Gasteiger partial charge is 0.322 e. The van der Waals surface area contributed by atoms with Crippen LogP contribution in [0.1, 0.15) is 35.3 Å². The zero-order chi connectivity index (χ0) is 15.1. The van der Waals surface area contributed by atoms with Gasteiger partial charge in [-0.15, -0.1) is 0 Å². The van der Waals surface area contributed by atoms with Crippen molar-refractivity contribution in [2.75, 3.05) is 5.32 Å². The Morgan fingerprint density at radius 3 is 2.40 bits per heavy atom. The van der Waals surface area contributed by atoms with E-state index in [-0.39, 0.29) is 5.91 Å². The third kappa shape index (κ3) is 4.35. The van der Waals surface area contributed by atoms with Crippen LogP contribution < -0.4 is 5.32 Å². The summed E-state index contributed by atoms with van der Waals surface area (Å²) in [5.74, 6) is -0.192. The number of nitrogens with zero attached hydrogens (tertiary/aromatic N) is 1. The van der Waals surface area contributed by atoms with Crippen LogP contribution in [0.5, 0.6) is 0 Å². The third-order valence-electron chi connectivity index (χ3n) is 2.75. The number of halogens is 1. The molecule has 0 saturated heterocycles. The second-order valence-electron chi connectivity index (χ2n) is 4.12. The summed E-state index contributed by atoms with van der Waals surface area (Å²) in [6.45, 7) is 8.04. The van der Waals surface area contributed by atoms with Gasteiger partial charge in [0.2, 0.25) is 0 Å². The molecule has 2 rings (SSSR count). The van der Waals surface area contributed by atoms with Crippen molar-refractivity contribution < 1.29 is 4.79 Å². The van der Waals surface area contributed by atoms with E-state index in [4.69, 9.17) is 11.6 Å². The molecule has 1 N–H and O–H groups in total. The third-order valence-corrected chi connectivity index (χ3v) is 2.96. The summed E-state index contributed by atoms with van der Waals surface area (Å²) in [7, 11) is 0. The van der Waals surface area contributed by atoms with E-state index in [1.807, 2.05) is 45.9 Å². The Hall–Kier alpha value is -1.87. The van der Waals surface area contributed by atoms with Gasteiger partial charge in [-0.05, 0) is 49.2 Å². The van der Waals surface area contributed by atoms with E-state index in [1.54, 1.807) is 6.07 Å². The van der Waals surface area contributed by atoms with E-state index < -0.39 is 0 Å². The number of anilines is 1. The highest BCUT2D eigenvalue weighted by Gasteiger charge is 2.07. The van der Waals surface area contributed by atoms with Crippen LogP contribution >= 0.6 is 11.6 Å². The molecule has 20 heavy (non-hydrogen) atoms. The number of nitrogens with one attached hydrogen (secondary N) is 1. The van der Waals surface area contributed by atoms with Crippen LogP contribution in [0.25, 0.3) is 0 Å². The first kappa shape index (κ1) is 16.2. The van der Waals surface area contributed by atoms with Gasteiger partial charge in [0.15, 0.2) is 0 Å². The topological polar surface area (TPSA) is 42.0 Å². The standard InChI is InChI=1S/C14H13ClN2O.C2H6/c1-9-3-4-12(7-10(9)2)17-14(18)11-5-6-16-13(15)8-11;1-2/h3-8H,1-2H3,(H,17,18);1-2H3. The van der Waals surface area contributed by atoms with Crippen LogP contribution in [0, 0.1) is 13.8 Å². The normalized spacial score (nSPS) is 9.45. The minimum Gasteiger partial charge on any atom is -0.322 e. The maximum atomic E-state index is 12.0. The second-order valence-corrected chi connectivity index (χ2v) is 4.51. The van der Waals surface area contributed by atoms with Crippen molar-refractivity contribution in [2.45, 2.75) is 27.7 Å². The molecule has 0 spiro atoms. The predicted octanol–water partition coefficient (Wildman–Crippen LogP) is 4.63. The minimum absolute atomic E-state index is 0.192. The number of amides is 1. The highest BCUT2D eigenvalue weighted by Crippen LogP contribution is 2.15. The van der Waals surface area contributed by atoms with Crippen molar-refractivity contribution in [1.29, 1.82) is 0 Å². The SMILES string of the molecule is CC.Cc1ccc(NC(=O)c2ccnc(Cl)c2)cc1C. The highest BCUT2D eigenvalue weighted by molar-refractivity contribution is 6.29. The molecule has 0 fully saturated rings. The van der Waals surface area contributed by atoms with Gasteiger partial charge < -0.3 is 5.32 Å². The molecule has 0 saturated carbocycles. The lowest BCUT2D eigenvalue weighted by molar-refractivity contribution is 0.102. The zero-order valence-corrected chi connectivity index (χ0v) is 13.0. The number of hydrogen-bond donors (Lipinski definition) is 1. The lowest BCUT2D eigenvalue weighted by Crippen LogP contribution is -2.12. The van der Waals surface area contributed by atoms with Crippen molar-refractivity contribution >= 4 is 23.2 Å². The monoisotopic (exact) mass is 290 g/mol. The fraction of sp³-hybridized carbons (Fsp3) is 0.250. The summed E-state index contributed by atoms with van der Waals surface area (Å²) in [6, 6.07) is 8.96. The number of aryl methyl sites for hydroxylation is 2. The van der Waals surface area contributed by atoms with Gasteiger partial charge in [-0.3, -0.25) is 4.79 Å². The molecule has 1 aromatic heterocycles. The number of benzene rings is 1. The van der Waals surface area contributed by atoms with Gasteiger partial charge >= 0.3 is 0 Å². The molecule has 3 nitrogen and oxygen atoms in total. The Labute approximate surface area is 125 Å². The number of rotatable bonds is 2. The summed E-state index contributed by atoms with van der Waals surface area (Å²) < 4.78 is 0. The van der Waals surface area contributed by atoms with Crippen molar-refractivity contribution in [1.82, 2.24) is 4.98 Å². The van der Waals surface area contributed by atoms with Gasteiger partial charge in [0.05, 0.1) is 0 Å². The van der Waals surface area contributed by atoms with Crippen molar-refractivity contribution in [2.24, 2.45) is 0 Å². The van der Waals surface area contributed by atoms with Gasteiger partial charge in [-0.25, -0.2) is 4.98 Å². The number of aromatic nitrogens is 1. The molecule has 0 unspecified atom stereocenters. The summed E-state index contributed by atoms with van der Waals surface area (Å²) in [6.07, 6.45) is 1.51.